The highest BCUT2D eigenvalue weighted by Gasteiger charge is 2.22. The molecule has 0 amide bonds. The van der Waals surface area contributed by atoms with Crippen LogP contribution in [0.2, 0.25) is 0 Å². The first-order valence-corrected chi connectivity index (χ1v) is 21.9. The topological polar surface area (TPSA) is 56.7 Å². The fraction of sp³-hybridized carbons (Fsp3) is 0. The summed E-state index contributed by atoms with van der Waals surface area (Å²) in [6.45, 7) is 0. The fourth-order valence-electron chi connectivity index (χ4n) is 9.43. The van der Waals surface area contributed by atoms with Gasteiger partial charge in [-0.25, -0.2) is 15.0 Å². The normalized spacial score (nSPS) is 11.8. The Morgan fingerprint density at radius 3 is 1.75 bits per heavy atom. The first kappa shape index (κ1) is 35.6. The van der Waals surface area contributed by atoms with E-state index in [9.17, 15) is 0 Å². The average Bonchev–Trinajstić information content (AvgIpc) is 4.04. The first-order valence-electron chi connectivity index (χ1n) is 21.1. The van der Waals surface area contributed by atoms with Gasteiger partial charge in [-0.05, 0) is 65.2 Å². The van der Waals surface area contributed by atoms with Crippen molar-refractivity contribution in [1.82, 2.24) is 19.5 Å². The molecule has 0 N–H and O–H groups in total. The van der Waals surface area contributed by atoms with Crippen LogP contribution in [0.3, 0.4) is 0 Å². The number of nitrogens with zero attached hydrogens (tertiary/aromatic N) is 4. The monoisotopic (exact) mass is 822 g/mol. The van der Waals surface area contributed by atoms with Crippen molar-refractivity contribution < 1.29 is 4.42 Å². The number of furan rings is 1. The highest BCUT2D eigenvalue weighted by molar-refractivity contribution is 7.26. The zero-order chi connectivity index (χ0) is 41.4. The zero-order valence-corrected chi connectivity index (χ0v) is 34.6. The lowest BCUT2D eigenvalue weighted by Crippen LogP contribution is -2.02. The Kier molecular flexibility index (Phi) is 8.01. The summed E-state index contributed by atoms with van der Waals surface area (Å²) in [5.41, 5.74) is 12.2. The lowest BCUT2D eigenvalue weighted by molar-refractivity contribution is 0.669. The first-order chi connectivity index (χ1) is 31.2. The van der Waals surface area contributed by atoms with Gasteiger partial charge in [0.05, 0.1) is 11.0 Å². The molecule has 5 nitrogen and oxygen atoms in total. The number of para-hydroxylation sites is 3. The van der Waals surface area contributed by atoms with Crippen LogP contribution in [0.15, 0.2) is 211 Å². The molecule has 63 heavy (non-hydrogen) atoms. The number of thiophene rings is 1. The summed E-state index contributed by atoms with van der Waals surface area (Å²) in [5, 5.41) is 6.91. The van der Waals surface area contributed by atoms with Gasteiger partial charge in [0.1, 0.15) is 11.2 Å². The Balaban J connectivity index is 1.09. The van der Waals surface area contributed by atoms with Gasteiger partial charge in [-0.1, -0.05) is 158 Å². The van der Waals surface area contributed by atoms with E-state index in [1.165, 1.54) is 42.0 Å². The number of hydrogen-bond donors (Lipinski definition) is 0. The lowest BCUT2D eigenvalue weighted by Gasteiger charge is -2.15. The van der Waals surface area contributed by atoms with E-state index in [1.54, 1.807) is 0 Å². The Morgan fingerprint density at radius 2 is 0.937 bits per heavy atom. The molecule has 0 bridgehead atoms. The van der Waals surface area contributed by atoms with Crippen LogP contribution in [-0.4, -0.2) is 19.5 Å². The maximum atomic E-state index is 6.38. The molecular formula is C57H34N4OS. The molecule has 9 aromatic carbocycles. The number of aromatic nitrogens is 4. The van der Waals surface area contributed by atoms with E-state index in [2.05, 4.69) is 174 Å². The summed E-state index contributed by atoms with van der Waals surface area (Å²) >= 11 is 1.83. The van der Waals surface area contributed by atoms with Crippen LogP contribution in [0.4, 0.5) is 0 Å². The SMILES string of the molecule is c1ccc(-c2cccc(-c3nc(-c4ccccc4-c4cc(-n5c6ccccc6c6ccccc65)cc5c4sc4ccccc45)nc(-c4cccc5oc6ccccc6c45)n3)c2)cc1. The van der Waals surface area contributed by atoms with Crippen LogP contribution in [0.5, 0.6) is 0 Å². The van der Waals surface area contributed by atoms with Gasteiger partial charge in [0.2, 0.25) is 0 Å². The van der Waals surface area contributed by atoms with E-state index >= 15 is 0 Å². The molecule has 0 radical (unpaired) electrons. The fourth-order valence-corrected chi connectivity index (χ4v) is 10.6. The van der Waals surface area contributed by atoms with Crippen molar-refractivity contribution in [3.8, 4) is 62.1 Å². The van der Waals surface area contributed by atoms with Crippen LogP contribution in [0.1, 0.15) is 0 Å². The average molecular weight is 823 g/mol. The lowest BCUT2D eigenvalue weighted by atomic mass is 9.96. The molecule has 13 rings (SSSR count). The highest BCUT2D eigenvalue weighted by atomic mass is 32.1. The molecule has 0 fully saturated rings. The standard InChI is InChI=1S/C57H34N4OS/c1-2-16-35(17-3-1)36-18-14-19-37(32-36)55-58-56(60-57(59-55)45-26-15-30-51-53(45)44-25-8-12-29-50(44)62-51)43-24-5-4-20-39(43)46-33-38(34-47-42-23-9-13-31-52(42)63-54(46)47)61-48-27-10-6-21-40(48)41-22-7-11-28-49(41)61/h1-34H. The van der Waals surface area contributed by atoms with Gasteiger partial charge >= 0.3 is 0 Å². The third-order valence-electron chi connectivity index (χ3n) is 12.3. The molecule has 0 spiro atoms. The van der Waals surface area contributed by atoms with Gasteiger partial charge in [-0.3, -0.25) is 0 Å². The van der Waals surface area contributed by atoms with E-state index < -0.39 is 0 Å². The van der Waals surface area contributed by atoms with Gasteiger partial charge in [0.15, 0.2) is 17.5 Å². The van der Waals surface area contributed by atoms with E-state index in [1.807, 2.05) is 47.7 Å². The molecule has 4 aromatic heterocycles. The second-order valence-electron chi connectivity index (χ2n) is 15.9. The molecule has 0 unspecified atom stereocenters. The van der Waals surface area contributed by atoms with Gasteiger partial charge in [-0.15, -0.1) is 11.3 Å². The Hall–Kier alpha value is -8.19. The summed E-state index contributed by atoms with van der Waals surface area (Å²) in [7, 11) is 0. The van der Waals surface area contributed by atoms with Crippen LogP contribution >= 0.6 is 11.3 Å². The minimum atomic E-state index is 0.582. The molecular weight excluding hydrogens is 789 g/mol. The van der Waals surface area contributed by atoms with Gasteiger partial charge in [-0.2, -0.15) is 0 Å². The predicted octanol–water partition coefficient (Wildman–Crippen LogP) is 15.6. The summed E-state index contributed by atoms with van der Waals surface area (Å²) in [6, 6.07) is 72.7. The molecule has 0 atom stereocenters. The minimum Gasteiger partial charge on any atom is -0.456 e. The van der Waals surface area contributed by atoms with Crippen molar-refractivity contribution in [2.75, 3.05) is 0 Å². The van der Waals surface area contributed by atoms with Crippen LogP contribution in [0, 0.1) is 0 Å². The number of rotatable bonds is 6. The smallest absolute Gasteiger partial charge is 0.164 e. The van der Waals surface area contributed by atoms with Crippen molar-refractivity contribution in [3.63, 3.8) is 0 Å². The number of benzene rings is 9. The summed E-state index contributed by atoms with van der Waals surface area (Å²) in [4.78, 5) is 16.1. The van der Waals surface area contributed by atoms with E-state index in [0.29, 0.717) is 17.5 Å². The van der Waals surface area contributed by atoms with E-state index in [-0.39, 0.29) is 0 Å². The van der Waals surface area contributed by atoms with E-state index in [4.69, 9.17) is 19.4 Å². The number of hydrogen-bond acceptors (Lipinski definition) is 5. The molecule has 294 valence electrons. The van der Waals surface area contributed by atoms with E-state index in [0.717, 1.165) is 66.6 Å². The number of fused-ring (bicyclic) bond motifs is 9. The second-order valence-corrected chi connectivity index (χ2v) is 17.0. The Morgan fingerprint density at radius 1 is 0.365 bits per heavy atom. The molecule has 0 saturated heterocycles. The summed E-state index contributed by atoms with van der Waals surface area (Å²) in [5.74, 6) is 1.77. The molecule has 0 saturated carbocycles. The maximum Gasteiger partial charge on any atom is 0.164 e. The largest absolute Gasteiger partial charge is 0.456 e. The molecule has 4 heterocycles. The Labute approximate surface area is 365 Å². The summed E-state index contributed by atoms with van der Waals surface area (Å²) in [6.07, 6.45) is 0. The molecule has 13 aromatic rings. The maximum absolute atomic E-state index is 6.38. The van der Waals surface area contributed by atoms with Crippen molar-refractivity contribution in [1.29, 1.82) is 0 Å². The minimum absolute atomic E-state index is 0.582. The quantitative estimate of drug-likeness (QED) is 0.168. The van der Waals surface area contributed by atoms with Gasteiger partial charge in [0, 0.05) is 69.7 Å². The van der Waals surface area contributed by atoms with Crippen molar-refractivity contribution in [2.24, 2.45) is 0 Å². The van der Waals surface area contributed by atoms with Gasteiger partial charge < -0.3 is 8.98 Å². The van der Waals surface area contributed by atoms with Crippen molar-refractivity contribution in [2.45, 2.75) is 0 Å². The van der Waals surface area contributed by atoms with Crippen molar-refractivity contribution >= 4 is 75.3 Å². The van der Waals surface area contributed by atoms with Crippen molar-refractivity contribution in [3.05, 3.63) is 206 Å². The molecule has 6 heteroatoms. The third-order valence-corrected chi connectivity index (χ3v) is 13.5. The molecule has 0 aliphatic carbocycles. The van der Waals surface area contributed by atoms with Crippen LogP contribution in [0.25, 0.3) is 126 Å². The van der Waals surface area contributed by atoms with Crippen LogP contribution < -0.4 is 0 Å². The van der Waals surface area contributed by atoms with Crippen LogP contribution in [-0.2, 0) is 0 Å². The zero-order valence-electron chi connectivity index (χ0n) is 33.7. The Bertz CT molecular complexity index is 3880. The molecule has 0 aliphatic rings. The highest BCUT2D eigenvalue weighted by Crippen LogP contribution is 2.46. The third kappa shape index (κ3) is 5.73. The second kappa shape index (κ2) is 14.2. The van der Waals surface area contributed by atoms with Gasteiger partial charge in [0.25, 0.3) is 0 Å². The molecule has 0 aliphatic heterocycles. The predicted molar refractivity (Wildman–Crippen MR) is 262 cm³/mol. The summed E-state index contributed by atoms with van der Waals surface area (Å²) < 4.78 is 11.2.